The average Bonchev–Trinajstić information content (AvgIpc) is 3.48. The molecule has 7 nitrogen and oxygen atoms in total. The highest BCUT2D eigenvalue weighted by molar-refractivity contribution is 6.30. The molecule has 0 bridgehead atoms. The number of halogens is 1. The first-order valence-corrected chi connectivity index (χ1v) is 12.0. The molecule has 3 aromatic rings. The Labute approximate surface area is 203 Å². The van der Waals surface area contributed by atoms with Crippen LogP contribution in [-0.4, -0.2) is 46.5 Å². The molecule has 0 saturated carbocycles. The van der Waals surface area contributed by atoms with Crippen LogP contribution in [0.2, 0.25) is 5.02 Å². The molecule has 5 rings (SSSR count). The molecule has 2 amide bonds. The van der Waals surface area contributed by atoms with Gasteiger partial charge in [-0.1, -0.05) is 22.8 Å². The second kappa shape index (κ2) is 9.22. The second-order valence-electron chi connectivity index (χ2n) is 9.24. The molecule has 34 heavy (non-hydrogen) atoms. The van der Waals surface area contributed by atoms with E-state index in [9.17, 15) is 9.59 Å². The van der Waals surface area contributed by atoms with Crippen molar-refractivity contribution < 1.29 is 14.1 Å². The molecule has 0 spiro atoms. The van der Waals surface area contributed by atoms with E-state index in [2.05, 4.69) is 10.1 Å². The average molecular weight is 479 g/mol. The smallest absolute Gasteiger partial charge is 0.257 e. The van der Waals surface area contributed by atoms with E-state index in [0.717, 1.165) is 29.7 Å². The number of carbonyl (C=O) groups excluding carboxylic acids is 2. The highest BCUT2D eigenvalue weighted by atomic mass is 35.5. The molecule has 1 atom stereocenters. The summed E-state index contributed by atoms with van der Waals surface area (Å²) in [7, 11) is 0. The lowest BCUT2D eigenvalue weighted by Gasteiger charge is -2.32. The Morgan fingerprint density at radius 3 is 2.50 bits per heavy atom. The Balaban J connectivity index is 1.19. The zero-order valence-electron chi connectivity index (χ0n) is 19.3. The summed E-state index contributed by atoms with van der Waals surface area (Å²) in [6, 6.07) is 13.3. The number of benzene rings is 2. The zero-order chi connectivity index (χ0) is 23.8. The van der Waals surface area contributed by atoms with E-state index in [1.807, 2.05) is 49.1 Å². The summed E-state index contributed by atoms with van der Waals surface area (Å²) in [5.41, 5.74) is 4.03. The summed E-state index contributed by atoms with van der Waals surface area (Å²) in [6.45, 7) is 5.78. The molecule has 1 aromatic heterocycles. The third-order valence-corrected chi connectivity index (χ3v) is 7.23. The molecule has 3 heterocycles. The minimum atomic E-state index is -0.299. The van der Waals surface area contributed by atoms with Crippen LogP contribution in [0, 0.1) is 19.8 Å². The van der Waals surface area contributed by atoms with Gasteiger partial charge in [0.05, 0.1) is 5.92 Å². The van der Waals surface area contributed by atoms with Crippen LogP contribution in [0.4, 0.5) is 5.69 Å². The standard InChI is InChI=1S/C26H27ClN4O3/c1-16-3-8-22(13-17(16)2)31-15-20(14-23(31)32)26(33)30-11-9-18(10-12-30)24-28-25(34-29-24)19-4-6-21(27)7-5-19/h3-8,13,18,20H,9-12,14-15H2,1-2H3. The van der Waals surface area contributed by atoms with Crippen molar-refractivity contribution in [1.29, 1.82) is 0 Å². The van der Waals surface area contributed by atoms with E-state index < -0.39 is 0 Å². The fourth-order valence-electron chi connectivity index (χ4n) is 4.74. The van der Waals surface area contributed by atoms with Crippen molar-refractivity contribution in [3.8, 4) is 11.5 Å². The number of carbonyl (C=O) groups is 2. The largest absolute Gasteiger partial charge is 0.342 e. The number of hydrogen-bond acceptors (Lipinski definition) is 5. The van der Waals surface area contributed by atoms with Crippen LogP contribution in [0.15, 0.2) is 47.0 Å². The summed E-state index contributed by atoms with van der Waals surface area (Å²) >= 11 is 5.95. The van der Waals surface area contributed by atoms with E-state index in [0.29, 0.717) is 36.4 Å². The molecule has 8 heteroatoms. The molecule has 0 aliphatic carbocycles. The van der Waals surface area contributed by atoms with Crippen LogP contribution in [0.1, 0.15) is 42.1 Å². The van der Waals surface area contributed by atoms with Crippen molar-refractivity contribution >= 4 is 29.1 Å². The topological polar surface area (TPSA) is 79.5 Å². The summed E-state index contributed by atoms with van der Waals surface area (Å²) in [6.07, 6.45) is 1.81. The van der Waals surface area contributed by atoms with Crippen LogP contribution in [0.5, 0.6) is 0 Å². The fraction of sp³-hybridized carbons (Fsp3) is 0.385. The van der Waals surface area contributed by atoms with Crippen molar-refractivity contribution in [2.75, 3.05) is 24.5 Å². The summed E-state index contributed by atoms with van der Waals surface area (Å²) in [4.78, 5) is 34.1. The molecule has 2 aliphatic rings. The number of aryl methyl sites for hydroxylation is 2. The Bertz CT molecular complexity index is 1220. The van der Waals surface area contributed by atoms with Crippen molar-refractivity contribution in [2.24, 2.45) is 5.92 Å². The van der Waals surface area contributed by atoms with Gasteiger partial charge in [0.15, 0.2) is 5.82 Å². The minimum Gasteiger partial charge on any atom is -0.342 e. The molecule has 2 fully saturated rings. The first-order valence-electron chi connectivity index (χ1n) is 11.6. The highest BCUT2D eigenvalue weighted by Crippen LogP contribution is 2.32. The van der Waals surface area contributed by atoms with Gasteiger partial charge in [0.25, 0.3) is 5.89 Å². The van der Waals surface area contributed by atoms with Crippen LogP contribution in [0.25, 0.3) is 11.5 Å². The molecule has 2 saturated heterocycles. The number of likely N-dealkylation sites (tertiary alicyclic amines) is 1. The van der Waals surface area contributed by atoms with E-state index in [-0.39, 0.29) is 30.1 Å². The molecule has 176 valence electrons. The third kappa shape index (κ3) is 4.44. The quantitative estimate of drug-likeness (QED) is 0.539. The number of hydrogen-bond donors (Lipinski definition) is 0. The lowest BCUT2D eigenvalue weighted by atomic mass is 9.95. The van der Waals surface area contributed by atoms with Gasteiger partial charge in [-0.25, -0.2) is 0 Å². The van der Waals surface area contributed by atoms with Crippen LogP contribution < -0.4 is 4.90 Å². The van der Waals surface area contributed by atoms with Crippen molar-refractivity contribution in [3.05, 3.63) is 64.4 Å². The predicted molar refractivity (Wildman–Crippen MR) is 130 cm³/mol. The van der Waals surface area contributed by atoms with Gasteiger partial charge in [-0.15, -0.1) is 0 Å². The van der Waals surface area contributed by atoms with E-state index >= 15 is 0 Å². The summed E-state index contributed by atoms with van der Waals surface area (Å²) < 4.78 is 5.45. The van der Waals surface area contributed by atoms with E-state index in [4.69, 9.17) is 16.1 Å². The molecule has 0 N–H and O–H groups in total. The van der Waals surface area contributed by atoms with Crippen molar-refractivity contribution in [2.45, 2.75) is 39.0 Å². The van der Waals surface area contributed by atoms with E-state index in [1.165, 1.54) is 5.56 Å². The fourth-order valence-corrected chi connectivity index (χ4v) is 4.87. The SMILES string of the molecule is Cc1ccc(N2CC(C(=O)N3CCC(c4noc(-c5ccc(Cl)cc5)n4)CC3)CC2=O)cc1C. The first kappa shape index (κ1) is 22.6. The zero-order valence-corrected chi connectivity index (χ0v) is 20.1. The molecule has 2 aliphatic heterocycles. The summed E-state index contributed by atoms with van der Waals surface area (Å²) in [5.74, 6) is 1.07. The van der Waals surface area contributed by atoms with Gasteiger partial charge in [-0.05, 0) is 74.2 Å². The van der Waals surface area contributed by atoms with Gasteiger partial charge in [0.1, 0.15) is 0 Å². The molecule has 0 radical (unpaired) electrons. The van der Waals surface area contributed by atoms with Gasteiger partial charge in [0.2, 0.25) is 11.8 Å². The normalized spacial score (nSPS) is 19.1. The highest BCUT2D eigenvalue weighted by Gasteiger charge is 2.38. The van der Waals surface area contributed by atoms with Crippen molar-refractivity contribution in [1.82, 2.24) is 15.0 Å². The molecular weight excluding hydrogens is 452 g/mol. The van der Waals surface area contributed by atoms with Gasteiger partial charge < -0.3 is 14.3 Å². The Kier molecular flexibility index (Phi) is 6.13. The van der Waals surface area contributed by atoms with Crippen molar-refractivity contribution in [3.63, 3.8) is 0 Å². The number of rotatable bonds is 4. The Hall–Kier alpha value is -3.19. The molecular formula is C26H27ClN4O3. The number of aromatic nitrogens is 2. The predicted octanol–water partition coefficient (Wildman–Crippen LogP) is 4.77. The Morgan fingerprint density at radius 1 is 1.06 bits per heavy atom. The molecule has 2 aromatic carbocycles. The lowest BCUT2D eigenvalue weighted by Crippen LogP contribution is -2.42. The number of anilines is 1. The monoisotopic (exact) mass is 478 g/mol. The second-order valence-corrected chi connectivity index (χ2v) is 9.67. The van der Waals surface area contributed by atoms with Gasteiger partial charge in [-0.3, -0.25) is 9.59 Å². The van der Waals surface area contributed by atoms with E-state index in [1.54, 1.807) is 17.0 Å². The maximum Gasteiger partial charge on any atom is 0.257 e. The minimum absolute atomic E-state index is 0.0121. The third-order valence-electron chi connectivity index (χ3n) is 6.98. The maximum atomic E-state index is 13.2. The maximum absolute atomic E-state index is 13.2. The van der Waals surface area contributed by atoms with Gasteiger partial charge in [-0.2, -0.15) is 4.98 Å². The Morgan fingerprint density at radius 2 is 1.79 bits per heavy atom. The van der Waals surface area contributed by atoms with Crippen LogP contribution in [-0.2, 0) is 9.59 Å². The van der Waals surface area contributed by atoms with Gasteiger partial charge >= 0.3 is 0 Å². The number of amides is 2. The number of nitrogens with zero attached hydrogens (tertiary/aromatic N) is 4. The van der Waals surface area contributed by atoms with Crippen LogP contribution in [0.3, 0.4) is 0 Å². The summed E-state index contributed by atoms with van der Waals surface area (Å²) in [5, 5.41) is 4.83. The molecule has 1 unspecified atom stereocenters. The van der Waals surface area contributed by atoms with Crippen LogP contribution >= 0.6 is 11.6 Å². The number of piperidine rings is 1. The lowest BCUT2D eigenvalue weighted by molar-refractivity contribution is -0.136. The van der Waals surface area contributed by atoms with Gasteiger partial charge in [0, 0.05) is 48.2 Å². The first-order chi connectivity index (χ1) is 16.4.